The Morgan fingerprint density at radius 3 is 2.59 bits per heavy atom. The highest BCUT2D eigenvalue weighted by Crippen LogP contribution is 2.45. The van der Waals surface area contributed by atoms with Gasteiger partial charge in [0.25, 0.3) is 0 Å². The Bertz CT molecular complexity index is 296. The van der Waals surface area contributed by atoms with Crippen molar-refractivity contribution in [3.63, 3.8) is 0 Å². The van der Waals surface area contributed by atoms with Crippen molar-refractivity contribution in [2.24, 2.45) is 17.3 Å². The average molecular weight is 237 g/mol. The summed E-state index contributed by atoms with van der Waals surface area (Å²) in [6.07, 6.45) is 3.20. The monoisotopic (exact) mass is 237 g/mol. The molecule has 0 aromatic carbocycles. The van der Waals surface area contributed by atoms with Gasteiger partial charge in [-0.05, 0) is 37.6 Å². The van der Waals surface area contributed by atoms with Crippen molar-refractivity contribution >= 4 is 0 Å². The third-order valence-electron chi connectivity index (χ3n) is 5.09. The fourth-order valence-corrected chi connectivity index (χ4v) is 4.69. The Balaban J connectivity index is 1.86. The smallest absolute Gasteiger partial charge is 0.0624 e. The molecule has 3 heterocycles. The van der Waals surface area contributed by atoms with Crippen molar-refractivity contribution in [1.29, 1.82) is 0 Å². The second kappa shape index (κ2) is 3.94. The van der Waals surface area contributed by atoms with Crippen LogP contribution in [-0.2, 0) is 0 Å². The van der Waals surface area contributed by atoms with E-state index in [0.29, 0.717) is 29.7 Å². The number of hydrogen-bond acceptors (Lipinski definition) is 3. The molecule has 3 aliphatic rings. The minimum Gasteiger partial charge on any atom is -0.312 e. The lowest BCUT2D eigenvalue weighted by Gasteiger charge is -2.39. The van der Waals surface area contributed by atoms with Crippen LogP contribution in [0.25, 0.3) is 0 Å². The summed E-state index contributed by atoms with van der Waals surface area (Å²) in [7, 11) is 0. The lowest BCUT2D eigenvalue weighted by atomic mass is 9.69. The summed E-state index contributed by atoms with van der Waals surface area (Å²) in [5.74, 6) is 1.52. The largest absolute Gasteiger partial charge is 0.312 e. The van der Waals surface area contributed by atoms with E-state index in [0.717, 1.165) is 11.8 Å². The molecule has 3 rings (SSSR count). The van der Waals surface area contributed by atoms with Gasteiger partial charge in [-0.25, -0.2) is 0 Å². The second-order valence-corrected chi connectivity index (χ2v) is 7.30. The molecule has 0 amide bonds. The molecule has 3 heteroatoms. The van der Waals surface area contributed by atoms with E-state index in [1.807, 2.05) is 0 Å². The zero-order valence-electron chi connectivity index (χ0n) is 11.6. The van der Waals surface area contributed by atoms with Gasteiger partial charge < -0.3 is 5.32 Å². The van der Waals surface area contributed by atoms with E-state index in [1.54, 1.807) is 0 Å². The normalized spacial score (nSPS) is 50.1. The fourth-order valence-electron chi connectivity index (χ4n) is 4.69. The van der Waals surface area contributed by atoms with E-state index >= 15 is 0 Å². The Labute approximate surface area is 105 Å². The first-order valence-electron chi connectivity index (χ1n) is 7.24. The highest BCUT2D eigenvalue weighted by atomic mass is 15.3. The van der Waals surface area contributed by atoms with E-state index in [4.69, 9.17) is 0 Å². The lowest BCUT2D eigenvalue weighted by Crippen LogP contribution is -2.51. The first-order chi connectivity index (χ1) is 7.98. The first-order valence-corrected chi connectivity index (χ1v) is 7.24. The molecule has 0 bridgehead atoms. The molecule has 0 radical (unpaired) electrons. The molecule has 3 fully saturated rings. The fraction of sp³-hybridized carbons (Fsp3) is 1.00. The van der Waals surface area contributed by atoms with Crippen LogP contribution in [0.4, 0.5) is 0 Å². The predicted molar refractivity (Wildman–Crippen MR) is 70.8 cm³/mol. The predicted octanol–water partition coefficient (Wildman–Crippen LogP) is 1.31. The van der Waals surface area contributed by atoms with Crippen LogP contribution in [0.2, 0.25) is 0 Å². The maximum absolute atomic E-state index is 3.81. The zero-order chi connectivity index (χ0) is 12.2. The Hall–Kier alpha value is -0.120. The second-order valence-electron chi connectivity index (χ2n) is 7.30. The van der Waals surface area contributed by atoms with Crippen molar-refractivity contribution in [1.82, 2.24) is 16.0 Å². The van der Waals surface area contributed by atoms with Gasteiger partial charge in [0, 0.05) is 24.0 Å². The van der Waals surface area contributed by atoms with Gasteiger partial charge in [-0.1, -0.05) is 20.8 Å². The van der Waals surface area contributed by atoms with Crippen LogP contribution in [0.3, 0.4) is 0 Å². The molecule has 0 aliphatic carbocycles. The summed E-state index contributed by atoms with van der Waals surface area (Å²) < 4.78 is 0. The summed E-state index contributed by atoms with van der Waals surface area (Å²) in [6.45, 7) is 10.8. The Morgan fingerprint density at radius 2 is 1.88 bits per heavy atom. The molecule has 3 aliphatic heterocycles. The molecule has 3 saturated heterocycles. The summed E-state index contributed by atoms with van der Waals surface area (Å²) in [5, 5.41) is 11.4. The number of fused-ring (bicyclic) bond motifs is 3. The minimum atomic E-state index is 0.390. The number of piperidine rings is 1. The quantitative estimate of drug-likeness (QED) is 0.594. The highest BCUT2D eigenvalue weighted by molar-refractivity contribution is 5.12. The average Bonchev–Trinajstić information content (AvgIpc) is 2.70. The SMILES string of the molecule is CC1NC2NC3CCCNC3C2[C@H]1C(C)(C)C. The van der Waals surface area contributed by atoms with E-state index in [1.165, 1.54) is 19.4 Å². The van der Waals surface area contributed by atoms with Crippen molar-refractivity contribution in [2.45, 2.75) is 64.8 Å². The van der Waals surface area contributed by atoms with Crippen LogP contribution < -0.4 is 16.0 Å². The summed E-state index contributed by atoms with van der Waals surface area (Å²) in [5.41, 5.74) is 0.390. The lowest BCUT2D eigenvalue weighted by molar-refractivity contribution is 0.140. The van der Waals surface area contributed by atoms with Gasteiger partial charge in [0.2, 0.25) is 0 Å². The molecule has 3 N–H and O–H groups in total. The maximum Gasteiger partial charge on any atom is 0.0624 e. The van der Waals surface area contributed by atoms with Gasteiger partial charge >= 0.3 is 0 Å². The standard InChI is InChI=1S/C14H27N3/c1-8-11(14(2,3)4)10-12-9(6-5-7-15-12)17-13(10)16-8/h8-13,15-17H,5-7H2,1-4H3/t8?,9?,10?,11-,12?,13?/m0/s1. The van der Waals surface area contributed by atoms with Gasteiger partial charge in [-0.3, -0.25) is 10.6 Å². The van der Waals surface area contributed by atoms with Crippen LogP contribution in [0.5, 0.6) is 0 Å². The molecular weight excluding hydrogens is 210 g/mol. The van der Waals surface area contributed by atoms with Crippen molar-refractivity contribution < 1.29 is 0 Å². The molecule has 0 aromatic heterocycles. The van der Waals surface area contributed by atoms with Gasteiger partial charge in [-0.2, -0.15) is 0 Å². The molecule has 17 heavy (non-hydrogen) atoms. The third-order valence-corrected chi connectivity index (χ3v) is 5.09. The summed E-state index contributed by atoms with van der Waals surface area (Å²) >= 11 is 0. The molecule has 5 unspecified atom stereocenters. The molecule has 0 saturated carbocycles. The Kier molecular flexibility index (Phi) is 2.77. The van der Waals surface area contributed by atoms with Gasteiger partial charge in [0.05, 0.1) is 6.17 Å². The van der Waals surface area contributed by atoms with Crippen LogP contribution in [0.1, 0.15) is 40.5 Å². The van der Waals surface area contributed by atoms with Crippen LogP contribution in [0.15, 0.2) is 0 Å². The molecular formula is C14H27N3. The third kappa shape index (κ3) is 1.83. The van der Waals surface area contributed by atoms with Gasteiger partial charge in [0.15, 0.2) is 0 Å². The van der Waals surface area contributed by atoms with Crippen LogP contribution >= 0.6 is 0 Å². The van der Waals surface area contributed by atoms with Crippen LogP contribution in [-0.4, -0.2) is 30.8 Å². The van der Waals surface area contributed by atoms with Gasteiger partial charge in [0.1, 0.15) is 0 Å². The molecule has 98 valence electrons. The number of rotatable bonds is 0. The van der Waals surface area contributed by atoms with E-state index in [9.17, 15) is 0 Å². The molecule has 3 nitrogen and oxygen atoms in total. The van der Waals surface area contributed by atoms with Crippen molar-refractivity contribution in [3.8, 4) is 0 Å². The highest BCUT2D eigenvalue weighted by Gasteiger charge is 2.55. The zero-order valence-corrected chi connectivity index (χ0v) is 11.6. The maximum atomic E-state index is 3.81. The topological polar surface area (TPSA) is 36.1 Å². The Morgan fingerprint density at radius 1 is 1.12 bits per heavy atom. The van der Waals surface area contributed by atoms with E-state index in [-0.39, 0.29) is 0 Å². The van der Waals surface area contributed by atoms with Crippen molar-refractivity contribution in [3.05, 3.63) is 0 Å². The van der Waals surface area contributed by atoms with Crippen molar-refractivity contribution in [2.75, 3.05) is 6.54 Å². The van der Waals surface area contributed by atoms with Gasteiger partial charge in [-0.15, -0.1) is 0 Å². The molecule has 0 aromatic rings. The minimum absolute atomic E-state index is 0.390. The number of nitrogens with one attached hydrogen (secondary N) is 3. The van der Waals surface area contributed by atoms with E-state index in [2.05, 4.69) is 43.6 Å². The van der Waals surface area contributed by atoms with E-state index < -0.39 is 0 Å². The molecule has 0 spiro atoms. The first kappa shape index (κ1) is 11.9. The molecule has 6 atom stereocenters. The number of hydrogen-bond donors (Lipinski definition) is 3. The van der Waals surface area contributed by atoms with Crippen LogP contribution in [0, 0.1) is 17.3 Å². The summed E-state index contributed by atoms with van der Waals surface area (Å²) in [6, 6.07) is 2.02. The summed E-state index contributed by atoms with van der Waals surface area (Å²) in [4.78, 5) is 0.